The van der Waals surface area contributed by atoms with Crippen LogP contribution in [0.1, 0.15) is 19.8 Å². The number of rotatable bonds is 5. The van der Waals surface area contributed by atoms with Crippen LogP contribution in [0.25, 0.3) is 0 Å². The summed E-state index contributed by atoms with van der Waals surface area (Å²) in [5, 5.41) is 2.89. The molecule has 0 aliphatic carbocycles. The van der Waals surface area contributed by atoms with Crippen molar-refractivity contribution in [3.8, 4) is 6.01 Å². The molecule has 8 heteroatoms. The summed E-state index contributed by atoms with van der Waals surface area (Å²) in [7, 11) is 3.55. The normalized spacial score (nSPS) is 15.9. The highest BCUT2D eigenvalue weighted by atomic mass is 16.5. The fourth-order valence-electron chi connectivity index (χ4n) is 2.01. The van der Waals surface area contributed by atoms with Gasteiger partial charge in [-0.05, 0) is 12.8 Å². The van der Waals surface area contributed by atoms with E-state index in [1.165, 1.54) is 0 Å². The number of nitrogens with zero attached hydrogens (tertiary/aromatic N) is 5. The smallest absolute Gasteiger partial charge is 0.323 e. The van der Waals surface area contributed by atoms with Crippen molar-refractivity contribution in [2.24, 2.45) is 0 Å². The molecule has 0 saturated carbocycles. The number of hydrogen-bond acceptors (Lipinski definition) is 7. The van der Waals surface area contributed by atoms with Gasteiger partial charge in [-0.15, -0.1) is 0 Å². The van der Waals surface area contributed by atoms with Gasteiger partial charge in [-0.2, -0.15) is 15.0 Å². The van der Waals surface area contributed by atoms with Crippen molar-refractivity contribution in [1.29, 1.82) is 0 Å². The summed E-state index contributed by atoms with van der Waals surface area (Å²) in [5.74, 6) is 0.982. The summed E-state index contributed by atoms with van der Waals surface area (Å²) in [4.78, 5) is 28.4. The summed E-state index contributed by atoms with van der Waals surface area (Å²) in [6.45, 7) is 4.32. The zero-order valence-corrected chi connectivity index (χ0v) is 12.8. The Kier molecular flexibility index (Phi) is 5.13. The lowest BCUT2D eigenvalue weighted by molar-refractivity contribution is -0.127. The van der Waals surface area contributed by atoms with Crippen LogP contribution in [0, 0.1) is 0 Å². The third kappa shape index (κ3) is 3.93. The van der Waals surface area contributed by atoms with E-state index in [4.69, 9.17) is 4.74 Å². The number of hydrogen-bond donors (Lipinski definition) is 1. The molecule has 0 unspecified atom stereocenters. The molecule has 2 heterocycles. The van der Waals surface area contributed by atoms with Crippen LogP contribution in [-0.4, -0.2) is 66.1 Å². The lowest BCUT2D eigenvalue weighted by Crippen LogP contribution is -2.35. The Labute approximate surface area is 124 Å². The molecule has 1 aliphatic heterocycles. The van der Waals surface area contributed by atoms with E-state index < -0.39 is 0 Å². The van der Waals surface area contributed by atoms with Gasteiger partial charge < -0.3 is 19.9 Å². The van der Waals surface area contributed by atoms with Crippen LogP contribution in [0.3, 0.4) is 0 Å². The highest BCUT2D eigenvalue weighted by Crippen LogP contribution is 2.17. The maximum atomic E-state index is 12.0. The molecule has 0 spiro atoms. The van der Waals surface area contributed by atoms with Crippen molar-refractivity contribution < 1.29 is 9.53 Å². The van der Waals surface area contributed by atoms with Gasteiger partial charge in [-0.1, -0.05) is 6.92 Å². The first-order valence-electron chi connectivity index (χ1n) is 7.19. The molecule has 1 saturated heterocycles. The van der Waals surface area contributed by atoms with Gasteiger partial charge >= 0.3 is 6.01 Å². The maximum absolute atomic E-state index is 12.0. The first kappa shape index (κ1) is 15.3. The number of nitrogens with one attached hydrogen (secondary N) is 1. The summed E-state index contributed by atoms with van der Waals surface area (Å²) in [6.07, 6.45) is 1.76. The van der Waals surface area contributed by atoms with Crippen molar-refractivity contribution in [2.75, 3.05) is 50.6 Å². The molecule has 2 rings (SSSR count). The Hall–Kier alpha value is -2.12. The van der Waals surface area contributed by atoms with E-state index >= 15 is 0 Å². The highest BCUT2D eigenvalue weighted by Gasteiger charge is 2.22. The molecule has 1 aliphatic rings. The van der Waals surface area contributed by atoms with E-state index in [9.17, 15) is 4.79 Å². The van der Waals surface area contributed by atoms with Gasteiger partial charge in [-0.3, -0.25) is 4.79 Å². The first-order valence-corrected chi connectivity index (χ1v) is 7.19. The number of amides is 1. The molecule has 1 aromatic heterocycles. The fourth-order valence-corrected chi connectivity index (χ4v) is 2.01. The average Bonchev–Trinajstić information content (AvgIpc) is 2.67. The Morgan fingerprint density at radius 2 is 2.10 bits per heavy atom. The Bertz CT molecular complexity index is 496. The molecule has 1 N–H and O–H groups in total. The first-order chi connectivity index (χ1) is 10.1. The largest absolute Gasteiger partial charge is 0.463 e. The predicted octanol–water partition coefficient (Wildman–Crippen LogP) is 0.371. The molecule has 1 fully saturated rings. The molecule has 0 aromatic carbocycles. The molecule has 116 valence electrons. The van der Waals surface area contributed by atoms with E-state index in [0.717, 1.165) is 25.9 Å². The second-order valence-electron chi connectivity index (χ2n) is 4.93. The SMILES string of the molecule is CCCOc1nc(NC)nc(N2CCCN(C)C(=O)C2)n1. The van der Waals surface area contributed by atoms with Gasteiger partial charge in [0, 0.05) is 27.2 Å². The number of carbonyl (C=O) groups excluding carboxylic acids is 1. The van der Waals surface area contributed by atoms with E-state index in [1.807, 2.05) is 18.9 Å². The topological polar surface area (TPSA) is 83.5 Å². The minimum absolute atomic E-state index is 0.0648. The molecule has 0 atom stereocenters. The molecule has 8 nitrogen and oxygen atoms in total. The Balaban J connectivity index is 2.22. The Morgan fingerprint density at radius 1 is 1.29 bits per heavy atom. The van der Waals surface area contributed by atoms with Crippen LogP contribution in [0.2, 0.25) is 0 Å². The molecular weight excluding hydrogens is 272 g/mol. The highest BCUT2D eigenvalue weighted by molar-refractivity contribution is 5.81. The van der Waals surface area contributed by atoms with Crippen LogP contribution in [0.5, 0.6) is 6.01 Å². The quantitative estimate of drug-likeness (QED) is 0.840. The molecule has 0 bridgehead atoms. The lowest BCUT2D eigenvalue weighted by Gasteiger charge is -2.20. The number of carbonyl (C=O) groups is 1. The van der Waals surface area contributed by atoms with E-state index in [-0.39, 0.29) is 18.5 Å². The van der Waals surface area contributed by atoms with Gasteiger partial charge in [0.25, 0.3) is 0 Å². The number of anilines is 2. The molecule has 0 radical (unpaired) electrons. The molecule has 1 aromatic rings. The fraction of sp³-hybridized carbons (Fsp3) is 0.692. The lowest BCUT2D eigenvalue weighted by atomic mass is 10.4. The standard InChI is InChI=1S/C13H22N6O2/c1-4-8-21-13-16-11(14-2)15-12(17-13)19-7-5-6-18(3)10(20)9-19/h4-9H2,1-3H3,(H,14,15,16,17). The van der Waals surface area contributed by atoms with E-state index in [0.29, 0.717) is 18.5 Å². The van der Waals surface area contributed by atoms with Crippen molar-refractivity contribution in [3.63, 3.8) is 0 Å². The van der Waals surface area contributed by atoms with Gasteiger partial charge in [0.15, 0.2) is 0 Å². The average molecular weight is 294 g/mol. The third-order valence-electron chi connectivity index (χ3n) is 3.22. The summed E-state index contributed by atoms with van der Waals surface area (Å²) < 4.78 is 5.48. The van der Waals surface area contributed by atoms with E-state index in [2.05, 4.69) is 20.3 Å². The second kappa shape index (κ2) is 7.05. The molecular formula is C13H22N6O2. The van der Waals surface area contributed by atoms with Crippen LogP contribution in [0.4, 0.5) is 11.9 Å². The van der Waals surface area contributed by atoms with E-state index in [1.54, 1.807) is 11.9 Å². The van der Waals surface area contributed by atoms with Gasteiger partial charge in [-0.25, -0.2) is 0 Å². The number of likely N-dealkylation sites (N-methyl/N-ethyl adjacent to an activating group) is 1. The van der Waals surface area contributed by atoms with Gasteiger partial charge in [0.05, 0.1) is 13.2 Å². The third-order valence-corrected chi connectivity index (χ3v) is 3.22. The van der Waals surface area contributed by atoms with Crippen molar-refractivity contribution in [1.82, 2.24) is 19.9 Å². The minimum atomic E-state index is 0.0648. The van der Waals surface area contributed by atoms with Crippen LogP contribution < -0.4 is 15.0 Å². The van der Waals surface area contributed by atoms with Crippen molar-refractivity contribution >= 4 is 17.8 Å². The zero-order chi connectivity index (χ0) is 15.2. The van der Waals surface area contributed by atoms with Gasteiger partial charge in [0.1, 0.15) is 0 Å². The van der Waals surface area contributed by atoms with Crippen LogP contribution in [-0.2, 0) is 4.79 Å². The summed E-state index contributed by atoms with van der Waals surface area (Å²) in [6, 6.07) is 0.288. The summed E-state index contributed by atoms with van der Waals surface area (Å²) >= 11 is 0. The second-order valence-corrected chi connectivity index (χ2v) is 4.93. The monoisotopic (exact) mass is 294 g/mol. The number of aromatic nitrogens is 3. The zero-order valence-electron chi connectivity index (χ0n) is 12.8. The minimum Gasteiger partial charge on any atom is -0.463 e. The van der Waals surface area contributed by atoms with Crippen LogP contribution >= 0.6 is 0 Å². The summed E-state index contributed by atoms with van der Waals surface area (Å²) in [5.41, 5.74) is 0. The molecule has 21 heavy (non-hydrogen) atoms. The predicted molar refractivity (Wildman–Crippen MR) is 79.6 cm³/mol. The van der Waals surface area contributed by atoms with Crippen LogP contribution in [0.15, 0.2) is 0 Å². The van der Waals surface area contributed by atoms with Crippen molar-refractivity contribution in [3.05, 3.63) is 0 Å². The van der Waals surface area contributed by atoms with Crippen molar-refractivity contribution in [2.45, 2.75) is 19.8 Å². The molecule has 1 amide bonds. The number of ether oxygens (including phenoxy) is 1. The van der Waals surface area contributed by atoms with Gasteiger partial charge in [0.2, 0.25) is 17.8 Å². The Morgan fingerprint density at radius 3 is 2.81 bits per heavy atom. The maximum Gasteiger partial charge on any atom is 0.323 e.